The molecule has 0 aliphatic carbocycles. The van der Waals surface area contributed by atoms with Crippen LogP contribution in [0.4, 0.5) is 5.69 Å². The lowest BCUT2D eigenvalue weighted by Crippen LogP contribution is -1.95. The van der Waals surface area contributed by atoms with Crippen LogP contribution in [0, 0.1) is 0 Å². The molecular weight excluding hydrogens is 252 g/mol. The molecule has 0 unspecified atom stereocenters. The van der Waals surface area contributed by atoms with Crippen molar-refractivity contribution in [1.29, 1.82) is 0 Å². The fourth-order valence-corrected chi connectivity index (χ4v) is 2.37. The number of ether oxygens (including phenoxy) is 1. The van der Waals surface area contributed by atoms with Gasteiger partial charge >= 0.3 is 0 Å². The highest BCUT2D eigenvalue weighted by Gasteiger charge is 2.11. The molecule has 0 spiro atoms. The lowest BCUT2D eigenvalue weighted by Gasteiger charge is -2.05. The molecule has 0 fully saturated rings. The van der Waals surface area contributed by atoms with Gasteiger partial charge in [0.2, 0.25) is 0 Å². The number of methoxy groups -OCH3 is 1. The monoisotopic (exact) mass is 266 g/mol. The maximum atomic E-state index is 11.2. The first-order valence-corrected chi connectivity index (χ1v) is 6.23. The molecule has 0 saturated heterocycles. The highest BCUT2D eigenvalue weighted by atomic mass is 16.5. The Labute approximate surface area is 116 Å². The molecule has 2 aromatic carbocycles. The number of aldehydes is 1. The van der Waals surface area contributed by atoms with Crippen LogP contribution in [0.25, 0.3) is 22.2 Å². The van der Waals surface area contributed by atoms with E-state index >= 15 is 0 Å². The zero-order chi connectivity index (χ0) is 14.1. The van der Waals surface area contributed by atoms with Gasteiger partial charge in [-0.2, -0.15) is 0 Å². The van der Waals surface area contributed by atoms with Gasteiger partial charge in [-0.25, -0.2) is 0 Å². The highest BCUT2D eigenvalue weighted by Crippen LogP contribution is 2.32. The number of fused-ring (bicyclic) bond motifs is 1. The van der Waals surface area contributed by atoms with Crippen LogP contribution in [-0.4, -0.2) is 18.4 Å². The van der Waals surface area contributed by atoms with E-state index < -0.39 is 0 Å². The molecule has 20 heavy (non-hydrogen) atoms. The Bertz CT molecular complexity index is 790. The van der Waals surface area contributed by atoms with Crippen molar-refractivity contribution in [2.45, 2.75) is 0 Å². The summed E-state index contributed by atoms with van der Waals surface area (Å²) in [6.07, 6.45) is 0.817. The smallest absolute Gasteiger partial charge is 0.150 e. The van der Waals surface area contributed by atoms with Gasteiger partial charge in [-0.05, 0) is 30.3 Å². The van der Waals surface area contributed by atoms with E-state index in [-0.39, 0.29) is 0 Å². The summed E-state index contributed by atoms with van der Waals surface area (Å²) in [5.74, 6) is 0.791. The number of nitrogens with one attached hydrogen (secondary N) is 1. The molecule has 1 aromatic heterocycles. The zero-order valence-electron chi connectivity index (χ0n) is 11.0. The van der Waals surface area contributed by atoms with Crippen LogP contribution < -0.4 is 10.5 Å². The normalized spacial score (nSPS) is 10.7. The summed E-state index contributed by atoms with van der Waals surface area (Å²) in [6, 6.07) is 13.0. The number of hydrogen-bond donors (Lipinski definition) is 2. The number of carbonyl (C=O) groups excluding carboxylic acids is 1. The molecule has 0 amide bonds. The maximum Gasteiger partial charge on any atom is 0.150 e. The number of rotatable bonds is 3. The summed E-state index contributed by atoms with van der Waals surface area (Å²) >= 11 is 0. The van der Waals surface area contributed by atoms with Gasteiger partial charge in [-0.1, -0.05) is 12.1 Å². The van der Waals surface area contributed by atoms with Crippen LogP contribution in [0.2, 0.25) is 0 Å². The summed E-state index contributed by atoms with van der Waals surface area (Å²) in [7, 11) is 1.63. The summed E-state index contributed by atoms with van der Waals surface area (Å²) < 4.78 is 5.21. The predicted octanol–water partition coefficient (Wildman–Crippen LogP) is 3.24. The van der Waals surface area contributed by atoms with Crippen molar-refractivity contribution in [2.75, 3.05) is 12.8 Å². The number of aromatic nitrogens is 1. The fourth-order valence-electron chi connectivity index (χ4n) is 2.37. The van der Waals surface area contributed by atoms with E-state index in [9.17, 15) is 4.79 Å². The minimum atomic E-state index is 0.573. The van der Waals surface area contributed by atoms with Crippen LogP contribution in [0.1, 0.15) is 10.4 Å². The molecule has 3 N–H and O–H groups in total. The number of H-pyrrole nitrogens is 1. The number of hydrogen-bond acceptors (Lipinski definition) is 3. The van der Waals surface area contributed by atoms with Crippen LogP contribution >= 0.6 is 0 Å². The molecule has 0 atom stereocenters. The third kappa shape index (κ3) is 1.91. The van der Waals surface area contributed by atoms with Crippen molar-refractivity contribution in [1.82, 2.24) is 4.98 Å². The van der Waals surface area contributed by atoms with Crippen molar-refractivity contribution < 1.29 is 9.53 Å². The lowest BCUT2D eigenvalue weighted by atomic mass is 10.0. The van der Waals surface area contributed by atoms with Crippen LogP contribution in [-0.2, 0) is 0 Å². The number of benzene rings is 2. The van der Waals surface area contributed by atoms with Crippen molar-refractivity contribution in [3.63, 3.8) is 0 Å². The third-order valence-corrected chi connectivity index (χ3v) is 3.35. The van der Waals surface area contributed by atoms with Gasteiger partial charge in [0.25, 0.3) is 0 Å². The molecular formula is C16H14N2O2. The number of nitrogen functional groups attached to an aromatic ring is 1. The van der Waals surface area contributed by atoms with Crippen LogP contribution in [0.5, 0.6) is 5.75 Å². The molecule has 4 nitrogen and oxygen atoms in total. The van der Waals surface area contributed by atoms with Crippen molar-refractivity contribution in [3.05, 3.63) is 48.0 Å². The van der Waals surface area contributed by atoms with E-state index in [1.165, 1.54) is 0 Å². The summed E-state index contributed by atoms with van der Waals surface area (Å²) in [4.78, 5) is 14.5. The van der Waals surface area contributed by atoms with Crippen LogP contribution in [0.3, 0.4) is 0 Å². The summed E-state index contributed by atoms with van der Waals surface area (Å²) in [5, 5.41) is 1.01. The first-order valence-electron chi connectivity index (χ1n) is 6.23. The number of nitrogens with two attached hydrogens (primary N) is 1. The average molecular weight is 266 g/mol. The van der Waals surface area contributed by atoms with E-state index in [0.29, 0.717) is 11.3 Å². The molecule has 1 heterocycles. The molecule has 0 aliphatic rings. The fraction of sp³-hybridized carbons (Fsp3) is 0.0625. The van der Waals surface area contributed by atoms with E-state index in [1.54, 1.807) is 25.3 Å². The van der Waals surface area contributed by atoms with Gasteiger partial charge in [0.1, 0.15) is 5.75 Å². The van der Waals surface area contributed by atoms with E-state index in [4.69, 9.17) is 10.5 Å². The summed E-state index contributed by atoms with van der Waals surface area (Å²) in [6.45, 7) is 0. The molecule has 0 bridgehead atoms. The van der Waals surface area contributed by atoms with E-state index in [0.717, 1.165) is 34.2 Å². The Kier molecular flexibility index (Phi) is 2.91. The summed E-state index contributed by atoms with van der Waals surface area (Å²) in [5.41, 5.74) is 9.69. The Morgan fingerprint density at radius 1 is 1.20 bits per heavy atom. The van der Waals surface area contributed by atoms with Crippen molar-refractivity contribution in [3.8, 4) is 17.0 Å². The first kappa shape index (κ1) is 12.3. The first-order chi connectivity index (χ1) is 9.72. The number of carbonyl (C=O) groups is 1. The average Bonchev–Trinajstić information content (AvgIpc) is 2.88. The number of aromatic amines is 1. The second-order valence-corrected chi connectivity index (χ2v) is 4.57. The maximum absolute atomic E-state index is 11.2. The second-order valence-electron chi connectivity index (χ2n) is 4.57. The minimum absolute atomic E-state index is 0.573. The second kappa shape index (κ2) is 4.74. The Hall–Kier alpha value is -2.75. The van der Waals surface area contributed by atoms with Crippen molar-refractivity contribution in [2.24, 2.45) is 0 Å². The topological polar surface area (TPSA) is 68.1 Å². The third-order valence-electron chi connectivity index (χ3n) is 3.35. The Morgan fingerprint density at radius 2 is 2.05 bits per heavy atom. The SMILES string of the molecule is COc1ccc2[nH]c(-c3c(N)cccc3C=O)cc2c1. The van der Waals surface area contributed by atoms with Crippen molar-refractivity contribution >= 4 is 22.9 Å². The van der Waals surface area contributed by atoms with Gasteiger partial charge in [-0.15, -0.1) is 0 Å². The van der Waals surface area contributed by atoms with Gasteiger partial charge in [0.05, 0.1) is 7.11 Å². The lowest BCUT2D eigenvalue weighted by molar-refractivity contribution is 0.112. The molecule has 0 radical (unpaired) electrons. The van der Waals surface area contributed by atoms with Crippen LogP contribution in [0.15, 0.2) is 42.5 Å². The predicted molar refractivity (Wildman–Crippen MR) is 80.1 cm³/mol. The highest BCUT2D eigenvalue weighted by molar-refractivity contribution is 5.96. The number of anilines is 1. The van der Waals surface area contributed by atoms with Gasteiger partial charge in [0.15, 0.2) is 6.29 Å². The standard InChI is InChI=1S/C16H14N2O2/c1-20-12-5-6-14-11(7-12)8-15(18-14)16-10(9-19)3-2-4-13(16)17/h2-9,18H,17H2,1H3. The molecule has 0 aliphatic heterocycles. The Morgan fingerprint density at radius 3 is 2.80 bits per heavy atom. The molecule has 100 valence electrons. The molecule has 4 heteroatoms. The largest absolute Gasteiger partial charge is 0.497 e. The van der Waals surface area contributed by atoms with E-state index in [2.05, 4.69) is 4.98 Å². The van der Waals surface area contributed by atoms with Gasteiger partial charge < -0.3 is 15.5 Å². The zero-order valence-corrected chi connectivity index (χ0v) is 11.0. The molecule has 0 saturated carbocycles. The molecule has 3 rings (SSSR count). The molecule has 3 aromatic rings. The minimum Gasteiger partial charge on any atom is -0.497 e. The quantitative estimate of drug-likeness (QED) is 0.565. The van der Waals surface area contributed by atoms with Gasteiger partial charge in [0, 0.05) is 33.4 Å². The van der Waals surface area contributed by atoms with E-state index in [1.807, 2.05) is 24.3 Å². The Balaban J connectivity index is 2.22. The van der Waals surface area contributed by atoms with Gasteiger partial charge in [-0.3, -0.25) is 4.79 Å².